The van der Waals surface area contributed by atoms with Crippen molar-refractivity contribution in [2.75, 3.05) is 44.7 Å². The summed E-state index contributed by atoms with van der Waals surface area (Å²) in [5, 5.41) is 9.78. The SMILES string of the molecule is C#CCCCSSCOCC(COP(=O)(O)OC1C[C@H](n2cc(C)c(=O)[nH]c2=O)O[C@@H]1CO)(C(=O)OCC)C(=O)OCC. The minimum absolute atomic E-state index is 0.0527. The first-order valence-electron chi connectivity index (χ1n) is 13.3. The van der Waals surface area contributed by atoms with Crippen molar-refractivity contribution in [3.63, 3.8) is 0 Å². The molecule has 3 N–H and O–H groups in total. The zero-order valence-corrected chi connectivity index (χ0v) is 26.6. The van der Waals surface area contributed by atoms with E-state index in [1.54, 1.807) is 0 Å². The van der Waals surface area contributed by atoms with Crippen LogP contribution in [0.25, 0.3) is 0 Å². The van der Waals surface area contributed by atoms with Gasteiger partial charge >= 0.3 is 25.5 Å². The fraction of sp³-hybridized carbons (Fsp3) is 0.680. The molecule has 0 radical (unpaired) electrons. The fourth-order valence-corrected chi connectivity index (χ4v) is 6.54. The minimum atomic E-state index is -5.05. The van der Waals surface area contributed by atoms with Crippen molar-refractivity contribution < 1.29 is 52.1 Å². The first-order valence-corrected chi connectivity index (χ1v) is 17.3. The summed E-state index contributed by atoms with van der Waals surface area (Å²) in [6.45, 7) is 2.02. The Morgan fingerprint density at radius 1 is 1.23 bits per heavy atom. The summed E-state index contributed by atoms with van der Waals surface area (Å²) in [5.41, 5.74) is -3.44. The van der Waals surface area contributed by atoms with E-state index in [2.05, 4.69) is 10.9 Å². The number of aliphatic hydroxyl groups excluding tert-OH is 1. The van der Waals surface area contributed by atoms with Gasteiger partial charge in [-0.3, -0.25) is 33.0 Å². The smallest absolute Gasteiger partial charge is 0.465 e. The van der Waals surface area contributed by atoms with Gasteiger partial charge < -0.3 is 28.9 Å². The largest absolute Gasteiger partial charge is 0.472 e. The van der Waals surface area contributed by atoms with E-state index in [1.165, 1.54) is 48.6 Å². The average Bonchev–Trinajstić information content (AvgIpc) is 3.35. The number of aromatic nitrogens is 2. The summed E-state index contributed by atoms with van der Waals surface area (Å²) in [4.78, 5) is 62.7. The number of carbonyl (C=O) groups is 2. The van der Waals surface area contributed by atoms with Gasteiger partial charge in [0.15, 0.2) is 0 Å². The van der Waals surface area contributed by atoms with Crippen molar-refractivity contribution in [1.29, 1.82) is 0 Å². The van der Waals surface area contributed by atoms with Gasteiger partial charge in [-0.25, -0.2) is 9.36 Å². The number of hydrogen-bond acceptors (Lipinski definition) is 14. The van der Waals surface area contributed by atoms with E-state index < -0.39 is 74.7 Å². The third-order valence-corrected chi connectivity index (χ3v) is 9.17. The summed E-state index contributed by atoms with van der Waals surface area (Å²) in [6, 6.07) is 0. The van der Waals surface area contributed by atoms with Crippen LogP contribution in [0.2, 0.25) is 0 Å². The molecule has 0 aliphatic carbocycles. The molecule has 1 aromatic heterocycles. The van der Waals surface area contributed by atoms with Crippen molar-refractivity contribution >= 4 is 41.3 Å². The van der Waals surface area contributed by atoms with Crippen LogP contribution in [-0.2, 0) is 42.1 Å². The Morgan fingerprint density at radius 3 is 2.51 bits per heavy atom. The van der Waals surface area contributed by atoms with Gasteiger partial charge in [-0.05, 0) is 27.2 Å². The number of unbranched alkanes of at least 4 members (excludes halogenated alkanes) is 1. The molecule has 0 spiro atoms. The molecule has 2 heterocycles. The summed E-state index contributed by atoms with van der Waals surface area (Å²) in [5.74, 6) is 1.16. The quantitative estimate of drug-likeness (QED) is 0.0364. The van der Waals surface area contributed by atoms with E-state index in [9.17, 15) is 33.7 Å². The zero-order chi connectivity index (χ0) is 32.0. The van der Waals surface area contributed by atoms with Crippen molar-refractivity contribution in [2.24, 2.45) is 5.41 Å². The molecule has 242 valence electrons. The number of nitrogens with one attached hydrogen (secondary N) is 1. The van der Waals surface area contributed by atoms with Gasteiger partial charge in [-0.1, -0.05) is 21.6 Å². The van der Waals surface area contributed by atoms with Gasteiger partial charge in [-0.15, -0.1) is 12.3 Å². The molecular formula is C25H37N2O13PS2. The number of aliphatic hydroxyl groups is 1. The lowest BCUT2D eigenvalue weighted by Gasteiger charge is -2.29. The number of esters is 2. The van der Waals surface area contributed by atoms with Gasteiger partial charge in [0.1, 0.15) is 24.4 Å². The first kappa shape index (κ1) is 37.1. The molecule has 1 saturated heterocycles. The number of phosphoric acid groups is 1. The van der Waals surface area contributed by atoms with E-state index in [0.717, 1.165) is 16.7 Å². The van der Waals surface area contributed by atoms with Crippen LogP contribution >= 0.6 is 29.4 Å². The molecular weight excluding hydrogens is 631 g/mol. The number of phosphoric ester groups is 1. The number of rotatable bonds is 19. The van der Waals surface area contributed by atoms with Crippen molar-refractivity contribution in [3.05, 3.63) is 32.6 Å². The lowest BCUT2D eigenvalue weighted by Crippen LogP contribution is -2.49. The van der Waals surface area contributed by atoms with Crippen LogP contribution in [0.15, 0.2) is 15.8 Å². The van der Waals surface area contributed by atoms with E-state index in [0.29, 0.717) is 6.42 Å². The predicted molar refractivity (Wildman–Crippen MR) is 157 cm³/mol. The number of H-pyrrole nitrogens is 1. The number of aromatic amines is 1. The van der Waals surface area contributed by atoms with E-state index in [-0.39, 0.29) is 31.1 Å². The highest BCUT2D eigenvalue weighted by molar-refractivity contribution is 8.76. The molecule has 2 rings (SSSR count). The topological polar surface area (TPSA) is 202 Å². The minimum Gasteiger partial charge on any atom is -0.465 e. The Labute approximate surface area is 256 Å². The predicted octanol–water partition coefficient (Wildman–Crippen LogP) is 1.51. The molecule has 0 bridgehead atoms. The van der Waals surface area contributed by atoms with E-state index in [1.807, 2.05) is 0 Å². The first-order chi connectivity index (χ1) is 20.4. The van der Waals surface area contributed by atoms with Crippen LogP contribution in [0.3, 0.4) is 0 Å². The third-order valence-electron chi connectivity index (χ3n) is 6.00. The Hall–Kier alpha value is -2.13. The number of terminal acetylenes is 1. The summed E-state index contributed by atoms with van der Waals surface area (Å²) >= 11 is 0. The Bertz CT molecular complexity index is 1260. The molecule has 18 heteroatoms. The third kappa shape index (κ3) is 10.8. The molecule has 2 unspecified atom stereocenters. The second-order valence-corrected chi connectivity index (χ2v) is 13.1. The maximum absolute atomic E-state index is 13.0. The summed E-state index contributed by atoms with van der Waals surface area (Å²) < 4.78 is 45.8. The molecule has 43 heavy (non-hydrogen) atoms. The molecule has 1 aliphatic rings. The van der Waals surface area contributed by atoms with Crippen LogP contribution in [-0.4, -0.2) is 88.4 Å². The van der Waals surface area contributed by atoms with Gasteiger partial charge in [0.25, 0.3) is 5.56 Å². The van der Waals surface area contributed by atoms with Gasteiger partial charge in [-0.2, -0.15) is 0 Å². The standard InChI is InChI=1S/C25H37N2O13PS2/c1-5-8-9-10-42-43-16-35-14-25(22(30)36-6-2,23(31)37-7-3)15-38-41(33,34)40-18-11-20(39-19(18)13-28)27-12-17(4)21(29)26-24(27)32/h1,12,18-20,28H,6-11,13-16H2,2-4H3,(H,33,34)(H,26,29,32)/t18?,19-,20-/m1/s1. The monoisotopic (exact) mass is 668 g/mol. The molecule has 1 fully saturated rings. The number of nitrogens with zero attached hydrogens (tertiary/aromatic N) is 1. The molecule has 1 aromatic rings. The van der Waals surface area contributed by atoms with Crippen LogP contribution < -0.4 is 11.2 Å². The maximum atomic E-state index is 13.0. The normalized spacial score (nSPS) is 19.9. The van der Waals surface area contributed by atoms with Crippen LogP contribution in [0.5, 0.6) is 0 Å². The molecule has 4 atom stereocenters. The van der Waals surface area contributed by atoms with Crippen LogP contribution in [0.1, 0.15) is 44.9 Å². The molecule has 0 amide bonds. The van der Waals surface area contributed by atoms with Crippen LogP contribution in [0, 0.1) is 24.7 Å². The maximum Gasteiger partial charge on any atom is 0.472 e. The van der Waals surface area contributed by atoms with Gasteiger partial charge in [0, 0.05) is 30.4 Å². The second kappa shape index (κ2) is 18.0. The second-order valence-electron chi connectivity index (χ2n) is 9.15. The Morgan fingerprint density at radius 2 is 1.91 bits per heavy atom. The average molecular weight is 669 g/mol. The highest BCUT2D eigenvalue weighted by atomic mass is 33.1. The molecule has 0 aromatic carbocycles. The van der Waals surface area contributed by atoms with Crippen molar-refractivity contribution in [3.8, 4) is 12.3 Å². The molecule has 1 aliphatic heterocycles. The highest BCUT2D eigenvalue weighted by Gasteiger charge is 2.52. The molecule has 0 saturated carbocycles. The number of hydrogen-bond donors (Lipinski definition) is 3. The van der Waals surface area contributed by atoms with Crippen molar-refractivity contribution in [2.45, 2.75) is 58.5 Å². The zero-order valence-electron chi connectivity index (χ0n) is 24.1. The Kier molecular flexibility index (Phi) is 15.5. The lowest BCUT2D eigenvalue weighted by molar-refractivity contribution is -0.179. The Balaban J connectivity index is 2.17. The van der Waals surface area contributed by atoms with Crippen molar-refractivity contribution in [1.82, 2.24) is 9.55 Å². The van der Waals surface area contributed by atoms with E-state index >= 15 is 0 Å². The van der Waals surface area contributed by atoms with Gasteiger partial charge in [0.05, 0.1) is 33.0 Å². The lowest BCUT2D eigenvalue weighted by atomic mass is 9.90. The fourth-order valence-electron chi connectivity index (χ4n) is 3.81. The van der Waals surface area contributed by atoms with Gasteiger partial charge in [0.2, 0.25) is 5.41 Å². The molecule has 15 nitrogen and oxygen atoms in total. The summed E-state index contributed by atoms with van der Waals surface area (Å²) in [7, 11) is -2.26. The number of carbonyl (C=O) groups excluding carboxylic acids is 2. The van der Waals surface area contributed by atoms with E-state index in [4.69, 9.17) is 34.4 Å². The number of ether oxygens (including phenoxy) is 4. The highest BCUT2D eigenvalue weighted by Crippen LogP contribution is 2.49. The van der Waals surface area contributed by atoms with Crippen LogP contribution in [0.4, 0.5) is 0 Å². The number of aryl methyl sites for hydroxylation is 1. The summed E-state index contributed by atoms with van der Waals surface area (Å²) in [6.07, 6.45) is 4.24.